The minimum atomic E-state index is -0.237. The quantitative estimate of drug-likeness (QED) is 0.696. The van der Waals surface area contributed by atoms with Crippen molar-refractivity contribution in [2.45, 2.75) is 38.8 Å². The molecule has 18 heavy (non-hydrogen) atoms. The first-order valence-electron chi connectivity index (χ1n) is 6.41. The van der Waals surface area contributed by atoms with Crippen LogP contribution < -0.4 is 11.1 Å². The zero-order valence-electron chi connectivity index (χ0n) is 11.1. The van der Waals surface area contributed by atoms with Gasteiger partial charge < -0.3 is 16.2 Å². The number of nitrogens with one attached hydrogen (secondary N) is 1. The van der Waals surface area contributed by atoms with Crippen LogP contribution >= 0.6 is 0 Å². The standard InChI is InChI=1S/C14H23FN2O/c1-10-5-6-12(15)8-13(10)14(9-16)17-11(2)4-3-7-18/h5-6,8,11,14,17-18H,3-4,7,9,16H2,1-2H3. The molecule has 1 aromatic rings. The zero-order valence-corrected chi connectivity index (χ0v) is 11.1. The molecule has 2 unspecified atom stereocenters. The normalized spacial score (nSPS) is 14.5. The average molecular weight is 254 g/mol. The van der Waals surface area contributed by atoms with Crippen LogP contribution in [0.2, 0.25) is 0 Å². The van der Waals surface area contributed by atoms with Crippen LogP contribution in [0.25, 0.3) is 0 Å². The SMILES string of the molecule is Cc1ccc(F)cc1C(CN)NC(C)CCCO. The molecule has 0 spiro atoms. The zero-order chi connectivity index (χ0) is 13.5. The van der Waals surface area contributed by atoms with Crippen LogP contribution in [0.5, 0.6) is 0 Å². The first kappa shape index (κ1) is 15.1. The Morgan fingerprint density at radius 1 is 1.44 bits per heavy atom. The largest absolute Gasteiger partial charge is 0.396 e. The van der Waals surface area contributed by atoms with Gasteiger partial charge >= 0.3 is 0 Å². The summed E-state index contributed by atoms with van der Waals surface area (Å²) in [4.78, 5) is 0. The number of aliphatic hydroxyl groups excluding tert-OH is 1. The van der Waals surface area contributed by atoms with Crippen molar-refractivity contribution in [3.8, 4) is 0 Å². The number of halogens is 1. The van der Waals surface area contributed by atoms with E-state index in [1.807, 2.05) is 13.8 Å². The molecule has 0 aliphatic heterocycles. The fourth-order valence-corrected chi connectivity index (χ4v) is 2.10. The van der Waals surface area contributed by atoms with Gasteiger partial charge in [0.2, 0.25) is 0 Å². The molecule has 0 heterocycles. The van der Waals surface area contributed by atoms with Gasteiger partial charge in [0, 0.05) is 25.2 Å². The summed E-state index contributed by atoms with van der Waals surface area (Å²) in [5, 5.41) is 12.2. The lowest BCUT2D eigenvalue weighted by Gasteiger charge is -2.24. The second-order valence-corrected chi connectivity index (χ2v) is 4.72. The second kappa shape index (κ2) is 7.46. The Kier molecular flexibility index (Phi) is 6.25. The molecule has 0 bridgehead atoms. The summed E-state index contributed by atoms with van der Waals surface area (Å²) in [5.74, 6) is -0.237. The van der Waals surface area contributed by atoms with Gasteiger partial charge in [0.1, 0.15) is 5.82 Å². The van der Waals surface area contributed by atoms with E-state index >= 15 is 0 Å². The van der Waals surface area contributed by atoms with Gasteiger partial charge in [-0.3, -0.25) is 0 Å². The number of hydrogen-bond acceptors (Lipinski definition) is 3. The molecule has 1 rings (SSSR count). The third-order valence-corrected chi connectivity index (χ3v) is 3.13. The molecule has 0 saturated carbocycles. The maximum atomic E-state index is 13.3. The van der Waals surface area contributed by atoms with Crippen molar-refractivity contribution in [2.75, 3.05) is 13.2 Å². The van der Waals surface area contributed by atoms with Crippen LogP contribution in [0, 0.1) is 12.7 Å². The maximum absolute atomic E-state index is 13.3. The highest BCUT2D eigenvalue weighted by Crippen LogP contribution is 2.19. The summed E-state index contributed by atoms with van der Waals surface area (Å²) in [5.41, 5.74) is 7.71. The molecule has 2 atom stereocenters. The monoisotopic (exact) mass is 254 g/mol. The summed E-state index contributed by atoms with van der Waals surface area (Å²) in [6, 6.07) is 4.97. The van der Waals surface area contributed by atoms with Crippen molar-refractivity contribution < 1.29 is 9.50 Å². The van der Waals surface area contributed by atoms with Gasteiger partial charge in [0.05, 0.1) is 0 Å². The van der Waals surface area contributed by atoms with E-state index in [9.17, 15) is 4.39 Å². The van der Waals surface area contributed by atoms with E-state index < -0.39 is 0 Å². The fraction of sp³-hybridized carbons (Fsp3) is 0.571. The highest BCUT2D eigenvalue weighted by Gasteiger charge is 2.15. The van der Waals surface area contributed by atoms with Crippen molar-refractivity contribution in [3.63, 3.8) is 0 Å². The molecule has 3 nitrogen and oxygen atoms in total. The van der Waals surface area contributed by atoms with Gasteiger partial charge in [0.25, 0.3) is 0 Å². The van der Waals surface area contributed by atoms with Crippen molar-refractivity contribution in [1.29, 1.82) is 0 Å². The van der Waals surface area contributed by atoms with E-state index in [-0.39, 0.29) is 24.5 Å². The average Bonchev–Trinajstić information content (AvgIpc) is 2.36. The number of benzene rings is 1. The minimum Gasteiger partial charge on any atom is -0.396 e. The summed E-state index contributed by atoms with van der Waals surface area (Å²) in [6.45, 7) is 4.62. The van der Waals surface area contributed by atoms with Gasteiger partial charge in [0.15, 0.2) is 0 Å². The summed E-state index contributed by atoms with van der Waals surface area (Å²) < 4.78 is 13.3. The van der Waals surface area contributed by atoms with E-state index in [1.165, 1.54) is 6.07 Å². The van der Waals surface area contributed by atoms with Crippen LogP contribution in [0.4, 0.5) is 4.39 Å². The third kappa shape index (κ3) is 4.37. The molecule has 0 aliphatic rings. The molecule has 0 radical (unpaired) electrons. The third-order valence-electron chi connectivity index (χ3n) is 3.13. The lowest BCUT2D eigenvalue weighted by molar-refractivity contribution is 0.274. The molecule has 0 saturated heterocycles. The van der Waals surface area contributed by atoms with Crippen molar-refractivity contribution >= 4 is 0 Å². The predicted octanol–water partition coefficient (Wildman–Crippen LogP) is 1.88. The molecule has 4 N–H and O–H groups in total. The molecular weight excluding hydrogens is 231 g/mol. The van der Waals surface area contributed by atoms with E-state index in [4.69, 9.17) is 10.8 Å². The first-order valence-corrected chi connectivity index (χ1v) is 6.41. The van der Waals surface area contributed by atoms with E-state index in [0.717, 1.165) is 24.0 Å². The van der Waals surface area contributed by atoms with Gasteiger partial charge in [-0.2, -0.15) is 0 Å². The highest BCUT2D eigenvalue weighted by molar-refractivity contribution is 5.29. The number of hydrogen-bond donors (Lipinski definition) is 3. The maximum Gasteiger partial charge on any atom is 0.123 e. The van der Waals surface area contributed by atoms with E-state index in [2.05, 4.69) is 5.32 Å². The number of aliphatic hydroxyl groups is 1. The molecule has 0 amide bonds. The smallest absolute Gasteiger partial charge is 0.123 e. The van der Waals surface area contributed by atoms with Crippen LogP contribution in [-0.4, -0.2) is 24.3 Å². The van der Waals surface area contributed by atoms with Gasteiger partial charge in [-0.05, 0) is 49.9 Å². The number of nitrogens with two attached hydrogens (primary N) is 1. The van der Waals surface area contributed by atoms with Crippen molar-refractivity contribution in [2.24, 2.45) is 5.73 Å². The molecule has 0 aliphatic carbocycles. The van der Waals surface area contributed by atoms with Gasteiger partial charge in [-0.15, -0.1) is 0 Å². The summed E-state index contributed by atoms with van der Waals surface area (Å²) in [6.07, 6.45) is 1.63. The molecule has 0 aromatic heterocycles. The Labute approximate surface area is 108 Å². The minimum absolute atomic E-state index is 0.0469. The van der Waals surface area contributed by atoms with E-state index in [0.29, 0.717) is 6.54 Å². The Bertz CT molecular complexity index is 371. The van der Waals surface area contributed by atoms with Crippen LogP contribution in [-0.2, 0) is 0 Å². The lowest BCUT2D eigenvalue weighted by atomic mass is 10.00. The van der Waals surface area contributed by atoms with Crippen LogP contribution in [0.15, 0.2) is 18.2 Å². The number of aryl methyl sites for hydroxylation is 1. The lowest BCUT2D eigenvalue weighted by Crippen LogP contribution is -2.35. The van der Waals surface area contributed by atoms with Crippen LogP contribution in [0.3, 0.4) is 0 Å². The van der Waals surface area contributed by atoms with Crippen LogP contribution in [0.1, 0.15) is 36.9 Å². The first-order chi connectivity index (χ1) is 8.58. The highest BCUT2D eigenvalue weighted by atomic mass is 19.1. The Hall–Kier alpha value is -0.970. The fourth-order valence-electron chi connectivity index (χ4n) is 2.10. The molecular formula is C14H23FN2O. The summed E-state index contributed by atoms with van der Waals surface area (Å²) >= 11 is 0. The number of rotatable bonds is 7. The van der Waals surface area contributed by atoms with Crippen molar-refractivity contribution in [3.05, 3.63) is 35.1 Å². The van der Waals surface area contributed by atoms with Crippen molar-refractivity contribution in [1.82, 2.24) is 5.32 Å². The van der Waals surface area contributed by atoms with E-state index in [1.54, 1.807) is 12.1 Å². The molecule has 0 fully saturated rings. The Morgan fingerprint density at radius 3 is 2.78 bits per heavy atom. The Morgan fingerprint density at radius 2 is 2.17 bits per heavy atom. The second-order valence-electron chi connectivity index (χ2n) is 4.72. The molecule has 102 valence electrons. The topological polar surface area (TPSA) is 58.3 Å². The van der Waals surface area contributed by atoms with Gasteiger partial charge in [-0.25, -0.2) is 4.39 Å². The predicted molar refractivity (Wildman–Crippen MR) is 71.8 cm³/mol. The molecule has 1 aromatic carbocycles. The Balaban J connectivity index is 2.73. The summed E-state index contributed by atoms with van der Waals surface area (Å²) in [7, 11) is 0. The molecule has 4 heteroatoms. The van der Waals surface area contributed by atoms with Gasteiger partial charge in [-0.1, -0.05) is 6.07 Å².